The molecule has 448 valence electrons. The lowest BCUT2D eigenvalue weighted by Crippen LogP contribution is -2.30. The van der Waals surface area contributed by atoms with Crippen LogP contribution in [0.5, 0.6) is 0 Å². The van der Waals surface area contributed by atoms with Gasteiger partial charge in [0.2, 0.25) is 0 Å². The van der Waals surface area contributed by atoms with E-state index in [0.717, 1.165) is 96.3 Å². The molecule has 0 saturated carbocycles. The van der Waals surface area contributed by atoms with Crippen LogP contribution in [0.4, 0.5) is 0 Å². The largest absolute Gasteiger partial charge is 0.462 e. The molecule has 78 heavy (non-hydrogen) atoms. The van der Waals surface area contributed by atoms with Crippen molar-refractivity contribution in [2.75, 3.05) is 13.2 Å². The highest BCUT2D eigenvalue weighted by Gasteiger charge is 2.19. The Morgan fingerprint density at radius 3 is 0.821 bits per heavy atom. The van der Waals surface area contributed by atoms with E-state index in [4.69, 9.17) is 14.2 Å². The van der Waals surface area contributed by atoms with Gasteiger partial charge < -0.3 is 14.2 Å². The molecule has 0 aliphatic carbocycles. The van der Waals surface area contributed by atoms with Gasteiger partial charge in [0.25, 0.3) is 0 Å². The molecule has 6 heteroatoms. The van der Waals surface area contributed by atoms with Gasteiger partial charge in [-0.25, -0.2) is 0 Å². The zero-order chi connectivity index (χ0) is 56.4. The smallest absolute Gasteiger partial charge is 0.306 e. The minimum Gasteiger partial charge on any atom is -0.462 e. The topological polar surface area (TPSA) is 78.9 Å². The van der Waals surface area contributed by atoms with Crippen molar-refractivity contribution in [3.63, 3.8) is 0 Å². The quantitative estimate of drug-likeness (QED) is 0.0261. The van der Waals surface area contributed by atoms with Gasteiger partial charge in [-0.15, -0.1) is 0 Å². The van der Waals surface area contributed by atoms with Crippen LogP contribution in [0.2, 0.25) is 0 Å². The molecule has 6 nitrogen and oxygen atoms in total. The van der Waals surface area contributed by atoms with Crippen molar-refractivity contribution in [1.82, 2.24) is 0 Å². The van der Waals surface area contributed by atoms with Crippen LogP contribution in [0.3, 0.4) is 0 Å². The maximum absolute atomic E-state index is 12.9. The molecule has 0 aliphatic rings. The highest BCUT2D eigenvalue weighted by molar-refractivity contribution is 5.71. The van der Waals surface area contributed by atoms with Gasteiger partial charge in [-0.2, -0.15) is 0 Å². The highest BCUT2D eigenvalue weighted by Crippen LogP contribution is 2.16. The molecule has 0 spiro atoms. The number of carbonyl (C=O) groups is 3. The van der Waals surface area contributed by atoms with Crippen molar-refractivity contribution in [1.29, 1.82) is 0 Å². The Labute approximate surface area is 483 Å². The predicted molar refractivity (Wildman–Crippen MR) is 339 cm³/mol. The maximum Gasteiger partial charge on any atom is 0.306 e. The number of esters is 3. The summed E-state index contributed by atoms with van der Waals surface area (Å²) in [6.07, 6.45) is 88.6. The summed E-state index contributed by atoms with van der Waals surface area (Å²) in [5.74, 6) is -0.937. The van der Waals surface area contributed by atoms with Crippen molar-refractivity contribution in [2.24, 2.45) is 0 Å². The highest BCUT2D eigenvalue weighted by atomic mass is 16.6. The lowest BCUT2D eigenvalue weighted by atomic mass is 10.0. The third-order valence-electron chi connectivity index (χ3n) is 14.3. The number of hydrogen-bond donors (Lipinski definition) is 0. The second-order valence-electron chi connectivity index (χ2n) is 22.0. The summed E-state index contributed by atoms with van der Waals surface area (Å²) >= 11 is 0. The summed E-state index contributed by atoms with van der Waals surface area (Å²) in [4.78, 5) is 38.3. The van der Waals surface area contributed by atoms with Crippen LogP contribution in [-0.2, 0) is 28.6 Å². The third kappa shape index (κ3) is 63.2. The van der Waals surface area contributed by atoms with Crippen molar-refractivity contribution < 1.29 is 28.6 Å². The lowest BCUT2D eigenvalue weighted by Gasteiger charge is -2.18. The Morgan fingerprint density at radius 1 is 0.269 bits per heavy atom. The van der Waals surface area contributed by atoms with Gasteiger partial charge in [-0.3, -0.25) is 14.4 Å². The number of carbonyl (C=O) groups excluding carboxylic acids is 3. The molecule has 1 unspecified atom stereocenters. The SMILES string of the molecule is CC/C=C\C/C=C\C/C=C\C/C=C\CCCCC(=O)OC(COC(=O)CCCCCCC/C=C\CCCCCCC)COC(=O)CCCCCCCCCCCCCCCCCC/C=C\C/C=C\C/C=C\CCCCCCC. The normalized spacial score (nSPS) is 12.7. The molecule has 0 aromatic rings. The molecule has 1 atom stereocenters. The first-order chi connectivity index (χ1) is 38.5. The number of rotatable bonds is 60. The van der Waals surface area contributed by atoms with Crippen molar-refractivity contribution in [3.05, 3.63) is 97.2 Å². The van der Waals surface area contributed by atoms with E-state index in [2.05, 4.69) is 118 Å². The molecule has 0 amide bonds. The Kier molecular flexibility index (Phi) is 62.7. The zero-order valence-electron chi connectivity index (χ0n) is 51.4. The van der Waals surface area contributed by atoms with E-state index in [1.54, 1.807) is 0 Å². The molecule has 0 heterocycles. The van der Waals surface area contributed by atoms with Gasteiger partial charge >= 0.3 is 17.9 Å². The lowest BCUT2D eigenvalue weighted by molar-refractivity contribution is -0.167. The van der Waals surface area contributed by atoms with E-state index in [0.29, 0.717) is 19.3 Å². The first-order valence-corrected chi connectivity index (χ1v) is 33.2. The Bertz CT molecular complexity index is 1530. The van der Waals surface area contributed by atoms with Crippen LogP contribution in [-0.4, -0.2) is 37.2 Å². The summed E-state index contributed by atoms with van der Waals surface area (Å²) in [6, 6.07) is 0. The van der Waals surface area contributed by atoms with E-state index < -0.39 is 6.10 Å². The molecule has 0 radical (unpaired) electrons. The van der Waals surface area contributed by atoms with E-state index in [-0.39, 0.29) is 37.5 Å². The van der Waals surface area contributed by atoms with E-state index >= 15 is 0 Å². The summed E-state index contributed by atoms with van der Waals surface area (Å²) in [5, 5.41) is 0. The summed E-state index contributed by atoms with van der Waals surface area (Å²) in [7, 11) is 0. The number of unbranched alkanes of at least 4 members (excludes halogenated alkanes) is 33. The fourth-order valence-corrected chi connectivity index (χ4v) is 9.32. The van der Waals surface area contributed by atoms with Crippen molar-refractivity contribution >= 4 is 17.9 Å². The predicted octanol–water partition coefficient (Wildman–Crippen LogP) is 22.8. The van der Waals surface area contributed by atoms with Crippen LogP contribution >= 0.6 is 0 Å². The third-order valence-corrected chi connectivity index (χ3v) is 14.3. The monoisotopic (exact) mass is 1080 g/mol. The number of allylic oxidation sites excluding steroid dienone is 16. The molecule has 0 aromatic heterocycles. The Balaban J connectivity index is 4.23. The molecular weight excluding hydrogens is 961 g/mol. The Morgan fingerprint density at radius 2 is 0.500 bits per heavy atom. The first kappa shape index (κ1) is 74.3. The van der Waals surface area contributed by atoms with Crippen LogP contribution in [0.25, 0.3) is 0 Å². The average Bonchev–Trinajstić information content (AvgIpc) is 3.44. The molecule has 0 rings (SSSR count). The second kappa shape index (κ2) is 65.8. The van der Waals surface area contributed by atoms with Crippen LogP contribution < -0.4 is 0 Å². The first-order valence-electron chi connectivity index (χ1n) is 33.2. The minimum atomic E-state index is -0.803. The molecule has 0 aliphatic heterocycles. The molecular formula is C72H124O6. The van der Waals surface area contributed by atoms with Crippen molar-refractivity contribution in [3.8, 4) is 0 Å². The number of hydrogen-bond acceptors (Lipinski definition) is 6. The summed E-state index contributed by atoms with van der Waals surface area (Å²) in [5.41, 5.74) is 0. The van der Waals surface area contributed by atoms with Crippen LogP contribution in [0.1, 0.15) is 323 Å². The maximum atomic E-state index is 12.9. The molecule has 0 saturated heterocycles. The van der Waals surface area contributed by atoms with Gasteiger partial charge in [0.15, 0.2) is 6.10 Å². The van der Waals surface area contributed by atoms with E-state index in [9.17, 15) is 14.4 Å². The van der Waals surface area contributed by atoms with Gasteiger partial charge in [0, 0.05) is 19.3 Å². The second-order valence-corrected chi connectivity index (χ2v) is 22.0. The number of ether oxygens (including phenoxy) is 3. The minimum absolute atomic E-state index is 0.0953. The van der Waals surface area contributed by atoms with E-state index in [1.807, 2.05) is 0 Å². The average molecular weight is 1090 g/mol. The van der Waals surface area contributed by atoms with Gasteiger partial charge in [0.1, 0.15) is 13.2 Å². The van der Waals surface area contributed by atoms with E-state index in [1.165, 1.54) is 180 Å². The Hall–Kier alpha value is -3.67. The van der Waals surface area contributed by atoms with Crippen molar-refractivity contribution in [2.45, 2.75) is 329 Å². The van der Waals surface area contributed by atoms with Gasteiger partial charge in [0.05, 0.1) is 0 Å². The molecule has 0 bridgehead atoms. The molecule has 0 N–H and O–H groups in total. The van der Waals surface area contributed by atoms with Crippen LogP contribution in [0, 0.1) is 0 Å². The van der Waals surface area contributed by atoms with Gasteiger partial charge in [-0.05, 0) is 122 Å². The summed E-state index contributed by atoms with van der Waals surface area (Å²) in [6.45, 7) is 6.49. The summed E-state index contributed by atoms with van der Waals surface area (Å²) < 4.78 is 16.9. The fourth-order valence-electron chi connectivity index (χ4n) is 9.32. The molecule has 0 fully saturated rings. The fraction of sp³-hybridized carbons (Fsp3) is 0.736. The zero-order valence-corrected chi connectivity index (χ0v) is 51.4. The van der Waals surface area contributed by atoms with Crippen LogP contribution in [0.15, 0.2) is 97.2 Å². The molecule has 0 aromatic carbocycles. The van der Waals surface area contributed by atoms with Gasteiger partial charge in [-0.1, -0.05) is 279 Å². The standard InChI is InChI=1S/C72H124O6/c1-4-7-10-13-16-19-22-25-28-29-30-31-32-33-34-35-36-37-38-39-40-41-42-43-45-47-50-53-56-59-62-65-71(74)77-68-69(67-76-70(73)64-61-58-55-52-49-46-27-24-21-18-15-12-9-6-3)78-72(75)66-63-60-57-54-51-48-44-26-23-20-17-14-11-8-5-2/h8,11,17,20,22,24-27,29-30,32-33,44,51,54,69H,4-7,9-10,12-16,18-19,21,23,28,31,34-43,45-50,52-53,55-68H2,1-3H3/b11-8-,20-17-,25-22-,27-24-,30-29-,33-32-,44-26-,54-51-.